The molecule has 0 fully saturated rings. The number of nitriles is 1. The summed E-state index contributed by atoms with van der Waals surface area (Å²) in [5.41, 5.74) is 7.90. The number of hydrogen-bond acceptors (Lipinski definition) is 3. The molecule has 0 aromatic heterocycles. The zero-order valence-electron chi connectivity index (χ0n) is 10.0. The summed E-state index contributed by atoms with van der Waals surface area (Å²) in [4.78, 5) is 2.27. The zero-order valence-corrected chi connectivity index (χ0v) is 10.0. The van der Waals surface area contributed by atoms with Crippen LogP contribution < -0.4 is 10.6 Å². The van der Waals surface area contributed by atoms with Crippen molar-refractivity contribution in [2.45, 2.75) is 26.7 Å². The van der Waals surface area contributed by atoms with Crippen molar-refractivity contribution in [1.29, 1.82) is 5.26 Å². The van der Waals surface area contributed by atoms with Crippen molar-refractivity contribution in [1.82, 2.24) is 0 Å². The van der Waals surface area contributed by atoms with E-state index in [4.69, 9.17) is 11.0 Å². The molecular weight excluding hydrogens is 198 g/mol. The molecule has 0 heterocycles. The van der Waals surface area contributed by atoms with Crippen LogP contribution in [0.15, 0.2) is 18.2 Å². The van der Waals surface area contributed by atoms with E-state index in [1.165, 1.54) is 12.8 Å². The summed E-state index contributed by atoms with van der Waals surface area (Å²) >= 11 is 0. The predicted octanol–water partition coefficient (Wildman–Crippen LogP) is 2.77. The standard InChI is InChI=1S/C13H19N3/c1-3-5-8-16(4-2)12-6-7-13(15)11(9-12)10-14/h6-7,9H,3-5,8,15H2,1-2H3. The van der Waals surface area contributed by atoms with Crippen molar-refractivity contribution in [2.75, 3.05) is 23.7 Å². The van der Waals surface area contributed by atoms with E-state index < -0.39 is 0 Å². The van der Waals surface area contributed by atoms with E-state index in [2.05, 4.69) is 24.8 Å². The summed E-state index contributed by atoms with van der Waals surface area (Å²) in [5, 5.41) is 8.92. The van der Waals surface area contributed by atoms with E-state index in [0.29, 0.717) is 11.3 Å². The van der Waals surface area contributed by atoms with Crippen LogP contribution >= 0.6 is 0 Å². The largest absolute Gasteiger partial charge is 0.398 e. The van der Waals surface area contributed by atoms with E-state index in [1.54, 1.807) is 0 Å². The Morgan fingerprint density at radius 1 is 1.38 bits per heavy atom. The van der Waals surface area contributed by atoms with Gasteiger partial charge in [-0.15, -0.1) is 0 Å². The molecule has 1 aromatic rings. The van der Waals surface area contributed by atoms with Crippen LogP contribution in [0, 0.1) is 11.3 Å². The quantitative estimate of drug-likeness (QED) is 0.771. The maximum atomic E-state index is 8.92. The van der Waals surface area contributed by atoms with E-state index >= 15 is 0 Å². The van der Waals surface area contributed by atoms with Gasteiger partial charge < -0.3 is 10.6 Å². The number of benzene rings is 1. The molecule has 0 atom stereocenters. The predicted molar refractivity (Wildman–Crippen MR) is 68.4 cm³/mol. The lowest BCUT2D eigenvalue weighted by atomic mass is 10.1. The Morgan fingerprint density at radius 2 is 2.12 bits per heavy atom. The van der Waals surface area contributed by atoms with E-state index in [1.807, 2.05) is 18.2 Å². The first kappa shape index (κ1) is 12.4. The minimum absolute atomic E-state index is 0.554. The number of nitrogens with zero attached hydrogens (tertiary/aromatic N) is 2. The Labute approximate surface area is 97.5 Å². The van der Waals surface area contributed by atoms with Gasteiger partial charge in [-0.05, 0) is 31.5 Å². The second kappa shape index (κ2) is 6.02. The molecule has 86 valence electrons. The van der Waals surface area contributed by atoms with Crippen molar-refractivity contribution in [3.63, 3.8) is 0 Å². The van der Waals surface area contributed by atoms with Crippen LogP contribution in [-0.2, 0) is 0 Å². The molecule has 0 spiro atoms. The fraction of sp³-hybridized carbons (Fsp3) is 0.462. The van der Waals surface area contributed by atoms with Crippen molar-refractivity contribution in [2.24, 2.45) is 0 Å². The van der Waals surface area contributed by atoms with E-state index in [9.17, 15) is 0 Å². The van der Waals surface area contributed by atoms with Crippen LogP contribution in [0.2, 0.25) is 0 Å². The van der Waals surface area contributed by atoms with Gasteiger partial charge in [-0.25, -0.2) is 0 Å². The second-order valence-corrected chi connectivity index (χ2v) is 3.82. The topological polar surface area (TPSA) is 53.0 Å². The van der Waals surface area contributed by atoms with Crippen molar-refractivity contribution >= 4 is 11.4 Å². The van der Waals surface area contributed by atoms with Crippen molar-refractivity contribution in [3.8, 4) is 6.07 Å². The van der Waals surface area contributed by atoms with Crippen LogP contribution in [0.25, 0.3) is 0 Å². The Balaban J connectivity index is 2.89. The van der Waals surface area contributed by atoms with Gasteiger partial charge in [0.2, 0.25) is 0 Å². The number of rotatable bonds is 5. The van der Waals surface area contributed by atoms with E-state index in [-0.39, 0.29) is 0 Å². The average molecular weight is 217 g/mol. The number of unbranched alkanes of at least 4 members (excludes halogenated alkanes) is 1. The fourth-order valence-electron chi connectivity index (χ4n) is 1.66. The highest BCUT2D eigenvalue weighted by molar-refractivity contribution is 5.62. The highest BCUT2D eigenvalue weighted by Gasteiger charge is 2.06. The highest BCUT2D eigenvalue weighted by Crippen LogP contribution is 2.20. The van der Waals surface area contributed by atoms with Gasteiger partial charge in [0.1, 0.15) is 6.07 Å². The van der Waals surface area contributed by atoms with Crippen LogP contribution in [0.3, 0.4) is 0 Å². The minimum Gasteiger partial charge on any atom is -0.398 e. The van der Waals surface area contributed by atoms with Gasteiger partial charge in [-0.3, -0.25) is 0 Å². The van der Waals surface area contributed by atoms with Crippen LogP contribution in [-0.4, -0.2) is 13.1 Å². The molecule has 3 nitrogen and oxygen atoms in total. The molecule has 0 saturated heterocycles. The number of nitrogen functional groups attached to an aromatic ring is 1. The zero-order chi connectivity index (χ0) is 12.0. The third-order valence-electron chi connectivity index (χ3n) is 2.69. The molecule has 0 aliphatic rings. The minimum atomic E-state index is 0.554. The van der Waals surface area contributed by atoms with Gasteiger partial charge in [0, 0.05) is 24.5 Å². The van der Waals surface area contributed by atoms with Gasteiger partial charge in [-0.1, -0.05) is 13.3 Å². The Bertz CT molecular complexity index is 379. The first-order chi connectivity index (χ1) is 7.72. The average Bonchev–Trinajstić information content (AvgIpc) is 2.32. The third kappa shape index (κ3) is 2.90. The Kier molecular flexibility index (Phi) is 4.65. The number of hydrogen-bond donors (Lipinski definition) is 1. The third-order valence-corrected chi connectivity index (χ3v) is 2.69. The first-order valence-electron chi connectivity index (χ1n) is 5.77. The molecule has 3 heteroatoms. The maximum absolute atomic E-state index is 8.92. The summed E-state index contributed by atoms with van der Waals surface area (Å²) in [6, 6.07) is 7.78. The monoisotopic (exact) mass is 217 g/mol. The highest BCUT2D eigenvalue weighted by atomic mass is 15.1. The van der Waals surface area contributed by atoms with Gasteiger partial charge in [0.15, 0.2) is 0 Å². The van der Waals surface area contributed by atoms with Crippen LogP contribution in [0.5, 0.6) is 0 Å². The molecular formula is C13H19N3. The smallest absolute Gasteiger partial charge is 0.101 e. The summed E-state index contributed by atoms with van der Waals surface area (Å²) in [7, 11) is 0. The van der Waals surface area contributed by atoms with E-state index in [0.717, 1.165) is 18.8 Å². The molecule has 16 heavy (non-hydrogen) atoms. The van der Waals surface area contributed by atoms with Crippen LogP contribution in [0.1, 0.15) is 32.3 Å². The SMILES string of the molecule is CCCCN(CC)c1ccc(N)c(C#N)c1. The summed E-state index contributed by atoms with van der Waals surface area (Å²) in [6.45, 7) is 6.28. The molecule has 0 aliphatic heterocycles. The van der Waals surface area contributed by atoms with Crippen molar-refractivity contribution in [3.05, 3.63) is 23.8 Å². The summed E-state index contributed by atoms with van der Waals surface area (Å²) < 4.78 is 0. The maximum Gasteiger partial charge on any atom is 0.101 e. The molecule has 0 radical (unpaired) electrons. The molecule has 1 aromatic carbocycles. The molecule has 0 saturated carbocycles. The number of anilines is 2. The fourth-order valence-corrected chi connectivity index (χ4v) is 1.66. The molecule has 0 aliphatic carbocycles. The van der Waals surface area contributed by atoms with Gasteiger partial charge >= 0.3 is 0 Å². The van der Waals surface area contributed by atoms with Crippen molar-refractivity contribution < 1.29 is 0 Å². The first-order valence-corrected chi connectivity index (χ1v) is 5.77. The molecule has 1 rings (SSSR count). The Morgan fingerprint density at radius 3 is 2.69 bits per heavy atom. The molecule has 0 bridgehead atoms. The number of nitrogens with two attached hydrogens (primary N) is 1. The normalized spacial score (nSPS) is 9.81. The lowest BCUT2D eigenvalue weighted by molar-refractivity contribution is 0.732. The van der Waals surface area contributed by atoms with Gasteiger partial charge in [-0.2, -0.15) is 5.26 Å². The molecule has 0 amide bonds. The van der Waals surface area contributed by atoms with Crippen LogP contribution in [0.4, 0.5) is 11.4 Å². The second-order valence-electron chi connectivity index (χ2n) is 3.82. The summed E-state index contributed by atoms with van der Waals surface area (Å²) in [5.74, 6) is 0. The molecule has 0 unspecified atom stereocenters. The lowest BCUT2D eigenvalue weighted by Gasteiger charge is -2.23. The molecule has 2 N–H and O–H groups in total. The van der Waals surface area contributed by atoms with Gasteiger partial charge in [0.05, 0.1) is 5.56 Å². The lowest BCUT2D eigenvalue weighted by Crippen LogP contribution is -2.23. The Hall–Kier alpha value is -1.69. The van der Waals surface area contributed by atoms with Gasteiger partial charge in [0.25, 0.3) is 0 Å². The summed E-state index contributed by atoms with van der Waals surface area (Å²) in [6.07, 6.45) is 2.34.